The van der Waals surface area contributed by atoms with E-state index >= 15 is 0 Å². The first-order chi connectivity index (χ1) is 16.0. The van der Waals surface area contributed by atoms with E-state index in [2.05, 4.69) is 54.2 Å². The first-order valence-corrected chi connectivity index (χ1v) is 12.8. The molecule has 2 fully saturated rings. The Morgan fingerprint density at radius 1 is 1.06 bits per heavy atom. The largest absolute Gasteiger partial charge is 0.494 e. The van der Waals surface area contributed by atoms with Crippen LogP contribution < -0.4 is 4.74 Å². The standard InChI is InChI=1S/C28H37ClN2O2.ClH/c1-30(2)15-5-17-33-26-13-11-22(12-14-26)23-9-10-24(27(29)20-23)18-21-6-3-7-25(19-21)31-16-4-8-28(31)32;/h9-14,20-21,25H,3-8,15-19H2,1-2H3;1H. The number of ether oxygens (including phenoxy) is 1. The Morgan fingerprint density at radius 2 is 1.82 bits per heavy atom. The molecule has 1 heterocycles. The van der Waals surface area contributed by atoms with Crippen LogP contribution in [0.2, 0.25) is 5.02 Å². The van der Waals surface area contributed by atoms with Crippen molar-refractivity contribution in [3.8, 4) is 16.9 Å². The van der Waals surface area contributed by atoms with Crippen LogP contribution >= 0.6 is 24.0 Å². The minimum absolute atomic E-state index is 0. The SMILES string of the molecule is CN(C)CCCOc1ccc(-c2ccc(CC3CCCC(N4CCCC4=O)C3)c(Cl)c2)cc1.Cl. The molecule has 1 amide bonds. The van der Waals surface area contributed by atoms with Gasteiger partial charge < -0.3 is 14.5 Å². The van der Waals surface area contributed by atoms with Gasteiger partial charge in [-0.15, -0.1) is 12.4 Å². The number of hydrogen-bond donors (Lipinski definition) is 0. The predicted molar refractivity (Wildman–Crippen MR) is 143 cm³/mol. The summed E-state index contributed by atoms with van der Waals surface area (Å²) in [5.41, 5.74) is 3.50. The van der Waals surface area contributed by atoms with Gasteiger partial charge in [-0.1, -0.05) is 42.3 Å². The average molecular weight is 506 g/mol. The number of halogens is 2. The second kappa shape index (κ2) is 12.8. The predicted octanol–water partition coefficient (Wildman–Crippen LogP) is 6.48. The van der Waals surface area contributed by atoms with Gasteiger partial charge in [0.15, 0.2) is 0 Å². The summed E-state index contributed by atoms with van der Waals surface area (Å²) in [6.45, 7) is 2.71. The number of carbonyl (C=O) groups excluding carboxylic acids is 1. The number of amides is 1. The van der Waals surface area contributed by atoms with Crippen LogP contribution in [0.1, 0.15) is 50.5 Å². The van der Waals surface area contributed by atoms with Gasteiger partial charge in [-0.25, -0.2) is 0 Å². The highest BCUT2D eigenvalue weighted by atomic mass is 35.5. The molecule has 2 aromatic carbocycles. The first-order valence-electron chi connectivity index (χ1n) is 12.5. The molecule has 1 saturated carbocycles. The van der Waals surface area contributed by atoms with Gasteiger partial charge in [-0.3, -0.25) is 4.79 Å². The highest BCUT2D eigenvalue weighted by Crippen LogP contribution is 2.35. The van der Waals surface area contributed by atoms with E-state index in [4.69, 9.17) is 16.3 Å². The molecule has 0 bridgehead atoms. The van der Waals surface area contributed by atoms with Crippen molar-refractivity contribution in [3.63, 3.8) is 0 Å². The van der Waals surface area contributed by atoms with Crippen molar-refractivity contribution in [1.82, 2.24) is 9.80 Å². The molecule has 0 spiro atoms. The van der Waals surface area contributed by atoms with E-state index in [0.717, 1.165) is 80.1 Å². The van der Waals surface area contributed by atoms with Gasteiger partial charge >= 0.3 is 0 Å². The summed E-state index contributed by atoms with van der Waals surface area (Å²) in [7, 11) is 4.15. The van der Waals surface area contributed by atoms with Gasteiger partial charge in [0.2, 0.25) is 5.91 Å². The third kappa shape index (κ3) is 7.13. The highest BCUT2D eigenvalue weighted by Gasteiger charge is 2.32. The molecule has 6 heteroatoms. The maximum Gasteiger partial charge on any atom is 0.222 e. The molecule has 0 aromatic heterocycles. The summed E-state index contributed by atoms with van der Waals surface area (Å²) in [6.07, 6.45) is 8.48. The molecule has 4 nitrogen and oxygen atoms in total. The fraction of sp³-hybridized carbons (Fsp3) is 0.536. The second-order valence-electron chi connectivity index (χ2n) is 9.92. The Labute approximate surface area is 216 Å². The van der Waals surface area contributed by atoms with Crippen molar-refractivity contribution >= 4 is 29.9 Å². The lowest BCUT2D eigenvalue weighted by atomic mass is 9.81. The molecular formula is C28H38Cl2N2O2. The van der Waals surface area contributed by atoms with E-state index in [1.807, 2.05) is 12.1 Å². The van der Waals surface area contributed by atoms with Crippen LogP contribution in [-0.2, 0) is 11.2 Å². The van der Waals surface area contributed by atoms with Gasteiger partial charge in [0, 0.05) is 30.6 Å². The van der Waals surface area contributed by atoms with Crippen LogP contribution in [0, 0.1) is 5.92 Å². The minimum atomic E-state index is 0. The van der Waals surface area contributed by atoms with E-state index < -0.39 is 0 Å². The molecule has 4 rings (SSSR count). The molecule has 1 aliphatic heterocycles. The van der Waals surface area contributed by atoms with Crippen LogP contribution in [-0.4, -0.2) is 55.5 Å². The highest BCUT2D eigenvalue weighted by molar-refractivity contribution is 6.31. The van der Waals surface area contributed by atoms with E-state index in [-0.39, 0.29) is 12.4 Å². The lowest BCUT2D eigenvalue weighted by molar-refractivity contribution is -0.130. The van der Waals surface area contributed by atoms with E-state index in [1.54, 1.807) is 0 Å². The number of benzene rings is 2. The summed E-state index contributed by atoms with van der Waals surface area (Å²) in [5, 5.41) is 0.843. The summed E-state index contributed by atoms with van der Waals surface area (Å²) < 4.78 is 5.85. The Bertz CT molecular complexity index is 933. The summed E-state index contributed by atoms with van der Waals surface area (Å²) in [6, 6.07) is 15.2. The summed E-state index contributed by atoms with van der Waals surface area (Å²) >= 11 is 6.73. The number of rotatable bonds is 9. The third-order valence-corrected chi connectivity index (χ3v) is 7.43. The maximum atomic E-state index is 12.2. The molecule has 2 unspecified atom stereocenters. The van der Waals surface area contributed by atoms with Crippen molar-refractivity contribution in [2.24, 2.45) is 5.92 Å². The Kier molecular flexibility index (Phi) is 10.1. The quantitative estimate of drug-likeness (QED) is 0.366. The maximum absolute atomic E-state index is 12.2. The van der Waals surface area contributed by atoms with Crippen molar-refractivity contribution < 1.29 is 9.53 Å². The minimum Gasteiger partial charge on any atom is -0.494 e. The smallest absolute Gasteiger partial charge is 0.222 e. The van der Waals surface area contributed by atoms with Gasteiger partial charge in [-0.2, -0.15) is 0 Å². The zero-order chi connectivity index (χ0) is 23.2. The molecule has 1 aliphatic carbocycles. The van der Waals surface area contributed by atoms with Crippen LogP contribution in [0.4, 0.5) is 0 Å². The molecular weight excluding hydrogens is 467 g/mol. The number of likely N-dealkylation sites (tertiary alicyclic amines) is 1. The average Bonchev–Trinajstić information content (AvgIpc) is 3.24. The molecule has 0 N–H and O–H groups in total. The molecule has 186 valence electrons. The second-order valence-corrected chi connectivity index (χ2v) is 10.3. The lowest BCUT2D eigenvalue weighted by Gasteiger charge is -2.35. The molecule has 2 aliphatic rings. The zero-order valence-electron chi connectivity index (χ0n) is 20.5. The van der Waals surface area contributed by atoms with E-state index in [0.29, 0.717) is 17.9 Å². The van der Waals surface area contributed by atoms with Crippen molar-refractivity contribution in [2.45, 2.75) is 57.4 Å². The lowest BCUT2D eigenvalue weighted by Crippen LogP contribution is -2.39. The van der Waals surface area contributed by atoms with Crippen LogP contribution in [0.5, 0.6) is 5.75 Å². The van der Waals surface area contributed by atoms with Crippen LogP contribution in [0.3, 0.4) is 0 Å². The Morgan fingerprint density at radius 3 is 2.50 bits per heavy atom. The van der Waals surface area contributed by atoms with E-state index in [9.17, 15) is 4.79 Å². The zero-order valence-corrected chi connectivity index (χ0v) is 22.0. The van der Waals surface area contributed by atoms with Gasteiger partial charge in [0.1, 0.15) is 5.75 Å². The molecule has 2 atom stereocenters. The third-order valence-electron chi connectivity index (χ3n) is 7.07. The van der Waals surface area contributed by atoms with E-state index in [1.165, 1.54) is 18.4 Å². The van der Waals surface area contributed by atoms with Gasteiger partial charge in [0.25, 0.3) is 0 Å². The molecule has 1 saturated heterocycles. The Balaban J connectivity index is 0.00000324. The molecule has 34 heavy (non-hydrogen) atoms. The van der Waals surface area contributed by atoms with Gasteiger partial charge in [0.05, 0.1) is 6.61 Å². The summed E-state index contributed by atoms with van der Waals surface area (Å²) in [4.78, 5) is 16.5. The van der Waals surface area contributed by atoms with Gasteiger partial charge in [-0.05, 0) is 93.4 Å². The first kappa shape index (κ1) is 26.8. The normalized spacial score (nSPS) is 20.5. The fourth-order valence-corrected chi connectivity index (χ4v) is 5.56. The van der Waals surface area contributed by atoms with Crippen molar-refractivity contribution in [3.05, 3.63) is 53.1 Å². The molecule has 0 radical (unpaired) electrons. The topological polar surface area (TPSA) is 32.8 Å². The number of carbonyl (C=O) groups is 1. The summed E-state index contributed by atoms with van der Waals surface area (Å²) in [5.74, 6) is 1.86. The van der Waals surface area contributed by atoms with Crippen LogP contribution in [0.25, 0.3) is 11.1 Å². The monoisotopic (exact) mass is 504 g/mol. The van der Waals surface area contributed by atoms with Crippen molar-refractivity contribution in [1.29, 1.82) is 0 Å². The number of nitrogens with zero attached hydrogens (tertiary/aromatic N) is 2. The molecule has 2 aromatic rings. The van der Waals surface area contributed by atoms with Crippen molar-refractivity contribution in [2.75, 3.05) is 33.8 Å². The fourth-order valence-electron chi connectivity index (χ4n) is 5.30. The Hall–Kier alpha value is -1.75. The number of hydrogen-bond acceptors (Lipinski definition) is 3. The van der Waals surface area contributed by atoms with Crippen LogP contribution in [0.15, 0.2) is 42.5 Å².